The van der Waals surface area contributed by atoms with Crippen molar-refractivity contribution in [3.8, 4) is 22.7 Å². The number of hydrogen-bond acceptors (Lipinski definition) is 3. The maximum Gasteiger partial charge on any atom is 0.280 e. The molecule has 0 aliphatic heterocycles. The van der Waals surface area contributed by atoms with E-state index in [9.17, 15) is 4.79 Å². The number of benzene rings is 3. The fraction of sp³-hybridized carbons (Fsp3) is 0.120. The van der Waals surface area contributed by atoms with Crippen LogP contribution in [0, 0.1) is 0 Å². The molecule has 30 heavy (non-hydrogen) atoms. The summed E-state index contributed by atoms with van der Waals surface area (Å²) in [5, 5.41) is 3.28. The Hall–Kier alpha value is -3.86. The van der Waals surface area contributed by atoms with Gasteiger partial charge in [0, 0.05) is 11.3 Å². The van der Waals surface area contributed by atoms with E-state index in [4.69, 9.17) is 9.73 Å². The van der Waals surface area contributed by atoms with E-state index in [0.717, 1.165) is 28.3 Å². The normalized spacial score (nSPS) is 11.5. The molecule has 4 aromatic rings. The van der Waals surface area contributed by atoms with Crippen molar-refractivity contribution in [2.24, 2.45) is 4.99 Å². The SMILES string of the molecule is COc1ccc(-c2[nH]n(-c3ccccc3)c(=O)c2C(C)=NCc2ccccc2)cc1. The molecular weight excluding hydrogens is 374 g/mol. The van der Waals surface area contributed by atoms with Crippen molar-refractivity contribution in [2.45, 2.75) is 13.5 Å². The standard InChI is InChI=1S/C25H23N3O2/c1-18(26-17-19-9-5-3-6-10-19)23-24(20-13-15-22(30-2)16-14-20)27-28(25(23)29)21-11-7-4-8-12-21/h3-16,27H,17H2,1-2H3. The number of H-pyrrole nitrogens is 1. The fourth-order valence-corrected chi connectivity index (χ4v) is 3.37. The van der Waals surface area contributed by atoms with Crippen molar-refractivity contribution in [1.82, 2.24) is 9.78 Å². The number of nitrogens with zero attached hydrogens (tertiary/aromatic N) is 2. The molecule has 0 spiro atoms. The molecule has 1 heterocycles. The lowest BCUT2D eigenvalue weighted by Gasteiger charge is -2.05. The molecular formula is C25H23N3O2. The Morgan fingerprint density at radius 2 is 1.57 bits per heavy atom. The highest BCUT2D eigenvalue weighted by atomic mass is 16.5. The van der Waals surface area contributed by atoms with E-state index >= 15 is 0 Å². The fourth-order valence-electron chi connectivity index (χ4n) is 3.37. The first-order chi connectivity index (χ1) is 14.7. The molecule has 1 aromatic heterocycles. The van der Waals surface area contributed by atoms with Crippen molar-refractivity contribution in [2.75, 3.05) is 7.11 Å². The first kappa shape index (κ1) is 19.5. The summed E-state index contributed by atoms with van der Waals surface area (Å²) >= 11 is 0. The number of nitrogens with one attached hydrogen (secondary N) is 1. The van der Waals surface area contributed by atoms with Crippen LogP contribution in [0.4, 0.5) is 0 Å². The zero-order valence-corrected chi connectivity index (χ0v) is 17.0. The molecule has 0 atom stereocenters. The quantitative estimate of drug-likeness (QED) is 0.473. The first-order valence-electron chi connectivity index (χ1n) is 9.77. The van der Waals surface area contributed by atoms with Gasteiger partial charge in [0.2, 0.25) is 0 Å². The minimum absolute atomic E-state index is 0.124. The van der Waals surface area contributed by atoms with Gasteiger partial charge in [0.25, 0.3) is 5.56 Å². The van der Waals surface area contributed by atoms with Gasteiger partial charge in [-0.25, -0.2) is 4.68 Å². The summed E-state index contributed by atoms with van der Waals surface area (Å²) in [4.78, 5) is 18.1. The lowest BCUT2D eigenvalue weighted by molar-refractivity contribution is 0.415. The van der Waals surface area contributed by atoms with Crippen molar-refractivity contribution < 1.29 is 4.74 Å². The van der Waals surface area contributed by atoms with Crippen LogP contribution in [0.1, 0.15) is 18.1 Å². The number of aliphatic imine (C=N–C) groups is 1. The summed E-state index contributed by atoms with van der Waals surface area (Å²) in [6.07, 6.45) is 0. The number of para-hydroxylation sites is 1. The third-order valence-electron chi connectivity index (χ3n) is 4.99. The topological polar surface area (TPSA) is 59.4 Å². The zero-order valence-electron chi connectivity index (χ0n) is 17.0. The molecule has 0 fully saturated rings. The molecule has 5 nitrogen and oxygen atoms in total. The van der Waals surface area contributed by atoms with Crippen LogP contribution in [0.3, 0.4) is 0 Å². The maximum atomic E-state index is 13.4. The molecule has 0 saturated heterocycles. The van der Waals surface area contributed by atoms with Crippen LogP contribution in [-0.2, 0) is 6.54 Å². The minimum atomic E-state index is -0.124. The van der Waals surface area contributed by atoms with Crippen molar-refractivity contribution >= 4 is 5.71 Å². The molecule has 0 aliphatic carbocycles. The Morgan fingerprint density at radius 3 is 2.20 bits per heavy atom. The van der Waals surface area contributed by atoms with Gasteiger partial charge in [0.15, 0.2) is 0 Å². The summed E-state index contributed by atoms with van der Waals surface area (Å²) in [6.45, 7) is 2.40. The number of aromatic amines is 1. The molecule has 0 aliphatic rings. The first-order valence-corrected chi connectivity index (χ1v) is 9.77. The lowest BCUT2D eigenvalue weighted by atomic mass is 10.0. The number of rotatable bonds is 6. The van der Waals surface area contributed by atoms with E-state index in [1.165, 1.54) is 0 Å². The molecule has 1 N–H and O–H groups in total. The third-order valence-corrected chi connectivity index (χ3v) is 4.99. The predicted molar refractivity (Wildman–Crippen MR) is 121 cm³/mol. The van der Waals surface area contributed by atoms with Gasteiger partial charge >= 0.3 is 0 Å². The summed E-state index contributed by atoms with van der Waals surface area (Å²) in [5.74, 6) is 0.764. The summed E-state index contributed by atoms with van der Waals surface area (Å²) in [6, 6.07) is 27.2. The third kappa shape index (κ3) is 3.96. The Labute approximate surface area is 175 Å². The average molecular weight is 397 g/mol. The van der Waals surface area contributed by atoms with Crippen molar-refractivity contribution in [3.05, 3.63) is 106 Å². The minimum Gasteiger partial charge on any atom is -0.497 e. The molecule has 4 rings (SSSR count). The Bertz CT molecular complexity index is 1210. The largest absolute Gasteiger partial charge is 0.497 e. The van der Waals surface area contributed by atoms with Gasteiger partial charge in [-0.3, -0.25) is 14.9 Å². The van der Waals surface area contributed by atoms with Gasteiger partial charge in [-0.05, 0) is 48.9 Å². The second-order valence-corrected chi connectivity index (χ2v) is 6.95. The molecule has 0 bridgehead atoms. The smallest absolute Gasteiger partial charge is 0.280 e. The second-order valence-electron chi connectivity index (χ2n) is 6.95. The molecule has 0 unspecified atom stereocenters. The Kier molecular flexibility index (Phi) is 5.61. The highest BCUT2D eigenvalue weighted by molar-refractivity contribution is 6.03. The van der Waals surface area contributed by atoms with Gasteiger partial charge < -0.3 is 4.74 Å². The summed E-state index contributed by atoms with van der Waals surface area (Å²) in [7, 11) is 1.63. The molecule has 5 heteroatoms. The van der Waals surface area contributed by atoms with Gasteiger partial charge in [-0.15, -0.1) is 0 Å². The highest BCUT2D eigenvalue weighted by Crippen LogP contribution is 2.24. The Balaban J connectivity index is 1.82. The lowest BCUT2D eigenvalue weighted by Crippen LogP contribution is -2.19. The second kappa shape index (κ2) is 8.66. The molecule has 3 aromatic carbocycles. The van der Waals surface area contributed by atoms with Crippen LogP contribution < -0.4 is 10.3 Å². The van der Waals surface area contributed by atoms with E-state index in [0.29, 0.717) is 17.8 Å². The van der Waals surface area contributed by atoms with E-state index < -0.39 is 0 Å². The van der Waals surface area contributed by atoms with Crippen LogP contribution in [0.25, 0.3) is 16.9 Å². The Morgan fingerprint density at radius 1 is 0.933 bits per heavy atom. The van der Waals surface area contributed by atoms with Crippen molar-refractivity contribution in [3.63, 3.8) is 0 Å². The van der Waals surface area contributed by atoms with Crippen LogP contribution in [-0.4, -0.2) is 22.6 Å². The molecule has 0 saturated carbocycles. The molecule has 0 amide bonds. The van der Waals surface area contributed by atoms with Crippen LogP contribution in [0.15, 0.2) is 94.7 Å². The van der Waals surface area contributed by atoms with Crippen LogP contribution >= 0.6 is 0 Å². The zero-order chi connectivity index (χ0) is 20.9. The molecule has 150 valence electrons. The van der Waals surface area contributed by atoms with Gasteiger partial charge in [-0.1, -0.05) is 48.5 Å². The summed E-state index contributed by atoms with van der Waals surface area (Å²) in [5.41, 5.74) is 4.65. The van der Waals surface area contributed by atoms with Gasteiger partial charge in [-0.2, -0.15) is 0 Å². The van der Waals surface area contributed by atoms with Crippen molar-refractivity contribution in [1.29, 1.82) is 0 Å². The monoisotopic (exact) mass is 397 g/mol. The van der Waals surface area contributed by atoms with Gasteiger partial charge in [0.1, 0.15) is 5.75 Å². The summed E-state index contributed by atoms with van der Waals surface area (Å²) < 4.78 is 6.83. The van der Waals surface area contributed by atoms with Gasteiger partial charge in [0.05, 0.1) is 30.6 Å². The number of aromatic nitrogens is 2. The van der Waals surface area contributed by atoms with Crippen LogP contribution in [0.5, 0.6) is 5.75 Å². The predicted octanol–water partition coefficient (Wildman–Crippen LogP) is 4.85. The maximum absolute atomic E-state index is 13.4. The van der Waals surface area contributed by atoms with Crippen LogP contribution in [0.2, 0.25) is 0 Å². The molecule has 0 radical (unpaired) electrons. The van der Waals surface area contributed by atoms with E-state index in [-0.39, 0.29) is 5.56 Å². The van der Waals surface area contributed by atoms with E-state index in [1.807, 2.05) is 91.9 Å². The van der Waals surface area contributed by atoms with E-state index in [2.05, 4.69) is 5.10 Å². The number of ether oxygens (including phenoxy) is 1. The number of methoxy groups -OCH3 is 1. The average Bonchev–Trinajstić information content (AvgIpc) is 3.16. The number of hydrogen-bond donors (Lipinski definition) is 1. The van der Waals surface area contributed by atoms with E-state index in [1.54, 1.807) is 11.8 Å². The highest BCUT2D eigenvalue weighted by Gasteiger charge is 2.19.